The molecule has 0 amide bonds. The van der Waals surface area contributed by atoms with E-state index in [0.29, 0.717) is 16.8 Å². The third-order valence-corrected chi connectivity index (χ3v) is 6.40. The van der Waals surface area contributed by atoms with Crippen molar-refractivity contribution in [1.82, 2.24) is 13.9 Å². The number of H-pyrrole nitrogens is 1. The molecule has 5 nitrogen and oxygen atoms in total. The number of hydrogen-bond donors (Lipinski definition) is 1. The summed E-state index contributed by atoms with van der Waals surface area (Å²) in [5, 5.41) is 0.150. The van der Waals surface area contributed by atoms with Crippen molar-refractivity contribution in [3.8, 4) is 0 Å². The third kappa shape index (κ3) is 2.03. The number of nitrogens with one attached hydrogen (secondary N) is 1. The summed E-state index contributed by atoms with van der Waals surface area (Å²) in [4.78, 5) is 29.7. The molecule has 5 rings (SSSR count). The molecule has 3 aromatic rings. The predicted octanol–water partition coefficient (Wildman–Crippen LogP) is 3.31. The van der Waals surface area contributed by atoms with Gasteiger partial charge in [-0.25, -0.2) is 4.39 Å². The molecule has 7 heteroatoms. The van der Waals surface area contributed by atoms with Gasteiger partial charge in [-0.05, 0) is 55.1 Å². The Bertz CT molecular complexity index is 1190. The molecule has 0 aliphatic heterocycles. The molecule has 26 heavy (non-hydrogen) atoms. The number of rotatable bonds is 2. The molecule has 0 spiro atoms. The van der Waals surface area contributed by atoms with E-state index in [-0.39, 0.29) is 28.2 Å². The van der Waals surface area contributed by atoms with Crippen LogP contribution in [0.4, 0.5) is 4.39 Å². The lowest BCUT2D eigenvalue weighted by Crippen LogP contribution is -2.34. The van der Waals surface area contributed by atoms with Gasteiger partial charge in [-0.2, -0.15) is 0 Å². The normalized spacial score (nSPS) is 22.3. The van der Waals surface area contributed by atoms with Gasteiger partial charge in [0, 0.05) is 41.5 Å². The van der Waals surface area contributed by atoms with Crippen LogP contribution in [0.2, 0.25) is 0 Å². The van der Waals surface area contributed by atoms with Gasteiger partial charge in [0.05, 0.1) is 0 Å². The van der Waals surface area contributed by atoms with Crippen molar-refractivity contribution in [1.29, 1.82) is 0 Å². The number of pyridine rings is 2. The molecule has 0 radical (unpaired) electrons. The highest BCUT2D eigenvalue weighted by atomic mass is 32.1. The van der Waals surface area contributed by atoms with Gasteiger partial charge >= 0.3 is 0 Å². The fraction of sp³-hybridized carbons (Fsp3) is 0.316. The summed E-state index contributed by atoms with van der Waals surface area (Å²) >= 11 is 1.19. The second kappa shape index (κ2) is 5.23. The van der Waals surface area contributed by atoms with E-state index in [1.54, 1.807) is 12.4 Å². The summed E-state index contributed by atoms with van der Waals surface area (Å²) < 4.78 is 19.9. The van der Waals surface area contributed by atoms with Crippen LogP contribution < -0.4 is 11.0 Å². The summed E-state index contributed by atoms with van der Waals surface area (Å²) in [6.45, 7) is 1.85. The first-order valence-corrected chi connectivity index (χ1v) is 9.39. The zero-order valence-corrected chi connectivity index (χ0v) is 14.9. The molecule has 0 aromatic carbocycles. The number of hydrogen-bond acceptors (Lipinski definition) is 4. The minimum atomic E-state index is -0.853. The molecule has 1 unspecified atom stereocenters. The van der Waals surface area contributed by atoms with E-state index in [1.807, 2.05) is 19.1 Å². The molecule has 3 aromatic heterocycles. The maximum absolute atomic E-state index is 15.2. The van der Waals surface area contributed by atoms with Crippen LogP contribution in [0.25, 0.3) is 16.3 Å². The number of allylic oxidation sites excluding steroid dienone is 1. The zero-order valence-electron chi connectivity index (χ0n) is 14.1. The molecule has 0 bridgehead atoms. The Morgan fingerprint density at radius 2 is 2.04 bits per heavy atom. The highest BCUT2D eigenvalue weighted by Crippen LogP contribution is 2.45. The van der Waals surface area contributed by atoms with Gasteiger partial charge in [-0.15, -0.1) is 0 Å². The molecular weight excluding hydrogens is 353 g/mol. The van der Waals surface area contributed by atoms with Crippen molar-refractivity contribution in [2.24, 2.45) is 0 Å². The summed E-state index contributed by atoms with van der Waals surface area (Å²) in [7, 11) is 0. The second-order valence-corrected chi connectivity index (χ2v) is 8.04. The van der Waals surface area contributed by atoms with Crippen molar-refractivity contribution in [2.75, 3.05) is 0 Å². The Labute approximate surface area is 152 Å². The topological polar surface area (TPSA) is 67.8 Å². The van der Waals surface area contributed by atoms with Crippen LogP contribution in [-0.4, -0.2) is 13.9 Å². The molecule has 1 saturated carbocycles. The molecule has 0 saturated heterocycles. The van der Waals surface area contributed by atoms with Gasteiger partial charge in [0.2, 0.25) is 5.43 Å². The van der Waals surface area contributed by atoms with Crippen molar-refractivity contribution < 1.29 is 4.39 Å². The molecule has 3 heterocycles. The van der Waals surface area contributed by atoms with E-state index < -0.39 is 5.41 Å². The summed E-state index contributed by atoms with van der Waals surface area (Å²) in [5.41, 5.74) is 0.348. The lowest BCUT2D eigenvalue weighted by atomic mass is 9.73. The summed E-state index contributed by atoms with van der Waals surface area (Å²) in [5.74, 6) is -0.360. The molecule has 1 fully saturated rings. The first-order chi connectivity index (χ1) is 12.5. The fourth-order valence-corrected chi connectivity index (χ4v) is 4.83. The fourth-order valence-electron chi connectivity index (χ4n) is 3.90. The summed E-state index contributed by atoms with van der Waals surface area (Å²) in [6.07, 6.45) is 7.03. The van der Waals surface area contributed by atoms with Crippen LogP contribution in [-0.2, 0) is 11.8 Å². The Morgan fingerprint density at radius 1 is 1.31 bits per heavy atom. The zero-order chi connectivity index (χ0) is 18.1. The van der Waals surface area contributed by atoms with Crippen LogP contribution in [0.15, 0.2) is 39.9 Å². The lowest BCUT2D eigenvalue weighted by Gasteiger charge is -2.34. The molecule has 2 aliphatic carbocycles. The Morgan fingerprint density at radius 3 is 2.73 bits per heavy atom. The SMILES string of the molecule is CC1(c2ccncc2)Cc2c(c(=O)c3c(=O)[nH]sc3n2C2CC2)C=C1F. The lowest BCUT2D eigenvalue weighted by molar-refractivity contribution is 0.412. The van der Waals surface area contributed by atoms with E-state index in [1.165, 1.54) is 17.6 Å². The standard InChI is InChI=1S/C19H16FN3O2S/c1-19(10-4-6-21-7-5-10)9-13-12(8-14(19)20)16(24)15-17(25)22-26-18(15)23(13)11-2-3-11/h4-8,11H,2-3,9H2,1H3,(H,22,25). The monoisotopic (exact) mass is 369 g/mol. The van der Waals surface area contributed by atoms with Crippen molar-refractivity contribution in [2.45, 2.75) is 37.6 Å². The minimum Gasteiger partial charge on any atom is -0.331 e. The van der Waals surface area contributed by atoms with Crippen molar-refractivity contribution >= 4 is 27.8 Å². The van der Waals surface area contributed by atoms with Gasteiger partial charge in [-0.3, -0.25) is 18.9 Å². The van der Waals surface area contributed by atoms with Gasteiger partial charge in [0.1, 0.15) is 16.0 Å². The highest BCUT2D eigenvalue weighted by molar-refractivity contribution is 7.12. The van der Waals surface area contributed by atoms with E-state index in [9.17, 15) is 9.59 Å². The molecule has 1 atom stereocenters. The first-order valence-electron chi connectivity index (χ1n) is 8.57. The molecule has 1 N–H and O–H groups in total. The molecule has 132 valence electrons. The summed E-state index contributed by atoms with van der Waals surface area (Å²) in [6, 6.07) is 3.89. The van der Waals surface area contributed by atoms with Crippen LogP contribution in [0.3, 0.4) is 0 Å². The molecular formula is C19H16FN3O2S. The van der Waals surface area contributed by atoms with Gasteiger partial charge in [-0.1, -0.05) is 0 Å². The number of aromatic nitrogens is 3. The average Bonchev–Trinajstić information content (AvgIpc) is 3.40. The van der Waals surface area contributed by atoms with Gasteiger partial charge in [0.15, 0.2) is 0 Å². The van der Waals surface area contributed by atoms with Crippen LogP contribution in [0, 0.1) is 0 Å². The number of aromatic amines is 1. The second-order valence-electron chi connectivity index (χ2n) is 7.24. The Balaban J connectivity index is 1.84. The van der Waals surface area contributed by atoms with Gasteiger partial charge in [0.25, 0.3) is 5.56 Å². The average molecular weight is 369 g/mol. The highest BCUT2D eigenvalue weighted by Gasteiger charge is 2.40. The van der Waals surface area contributed by atoms with Crippen molar-refractivity contribution in [3.05, 3.63) is 67.8 Å². The minimum absolute atomic E-state index is 0.150. The Kier molecular flexibility index (Phi) is 3.16. The van der Waals surface area contributed by atoms with Gasteiger partial charge < -0.3 is 4.57 Å². The van der Waals surface area contributed by atoms with Crippen LogP contribution in [0.5, 0.6) is 0 Å². The van der Waals surface area contributed by atoms with Crippen molar-refractivity contribution in [3.63, 3.8) is 0 Å². The van der Waals surface area contributed by atoms with Crippen LogP contribution in [0.1, 0.15) is 42.6 Å². The predicted molar refractivity (Wildman–Crippen MR) is 99.4 cm³/mol. The van der Waals surface area contributed by atoms with E-state index in [4.69, 9.17) is 0 Å². The van der Waals surface area contributed by atoms with E-state index in [2.05, 4.69) is 13.9 Å². The van der Waals surface area contributed by atoms with E-state index in [0.717, 1.165) is 24.1 Å². The maximum atomic E-state index is 15.2. The smallest absolute Gasteiger partial charge is 0.271 e. The number of nitrogens with zero attached hydrogens (tertiary/aromatic N) is 2. The largest absolute Gasteiger partial charge is 0.331 e. The van der Waals surface area contributed by atoms with Crippen LogP contribution >= 0.6 is 11.5 Å². The Hall–Kier alpha value is -2.54. The maximum Gasteiger partial charge on any atom is 0.271 e. The van der Waals surface area contributed by atoms with E-state index >= 15 is 4.39 Å². The first kappa shape index (κ1) is 15.7. The molecule has 2 aliphatic rings. The number of fused-ring (bicyclic) bond motifs is 2. The third-order valence-electron chi connectivity index (χ3n) is 5.52. The number of halogens is 1. The quantitative estimate of drug-likeness (QED) is 0.754.